The maximum atomic E-state index is 11.7. The Hall–Kier alpha value is -1.79. The molecule has 0 aromatic heterocycles. The van der Waals surface area contributed by atoms with Crippen LogP contribution < -0.4 is 5.32 Å². The number of nitrogens with one attached hydrogen (secondary N) is 1. The van der Waals surface area contributed by atoms with Crippen LogP contribution >= 0.6 is 0 Å². The van der Waals surface area contributed by atoms with Crippen LogP contribution in [-0.4, -0.2) is 51.7 Å². The Morgan fingerprint density at radius 2 is 1.76 bits per heavy atom. The molecule has 3 N–H and O–H groups in total. The van der Waals surface area contributed by atoms with Gasteiger partial charge in [0.1, 0.15) is 6.04 Å². The number of rotatable bonds is 6. The predicted octanol–water partition coefficient (Wildman–Crippen LogP) is 0.354. The molecule has 0 unspecified atom stereocenters. The van der Waals surface area contributed by atoms with Crippen LogP contribution in [0.1, 0.15) is 27.2 Å². The fraction of sp³-hybridized carbons (Fsp3) is 0.700. The van der Waals surface area contributed by atoms with Crippen molar-refractivity contribution < 1.29 is 24.6 Å². The summed E-state index contributed by atoms with van der Waals surface area (Å²) in [5.41, 5.74) is 0. The molecule has 0 radical (unpaired) electrons. The third-order valence-corrected chi connectivity index (χ3v) is 2.20. The summed E-state index contributed by atoms with van der Waals surface area (Å²) < 4.78 is 0. The molecule has 0 aromatic rings. The molecule has 0 bridgehead atoms. The number of carbonyl (C=O) groups is 3. The number of carboxylic acid groups (broad SMARTS) is 2. The summed E-state index contributed by atoms with van der Waals surface area (Å²) in [5, 5.41) is 19.5. The largest absolute Gasteiger partial charge is 0.481 e. The summed E-state index contributed by atoms with van der Waals surface area (Å²) >= 11 is 0. The first-order chi connectivity index (χ1) is 7.79. The molecular formula is C10H18N2O5. The smallest absolute Gasteiger partial charge is 0.326 e. The molecule has 0 aliphatic carbocycles. The number of amides is 2. The Morgan fingerprint density at radius 3 is 2.06 bits per heavy atom. The Labute approximate surface area is 99.4 Å². The second-order valence-electron chi connectivity index (χ2n) is 3.82. The van der Waals surface area contributed by atoms with Crippen molar-refractivity contribution in [3.63, 3.8) is 0 Å². The van der Waals surface area contributed by atoms with E-state index in [0.717, 1.165) is 0 Å². The molecule has 0 aromatic carbocycles. The molecule has 0 aliphatic heterocycles. The average molecular weight is 246 g/mol. The monoisotopic (exact) mass is 246 g/mol. The highest BCUT2D eigenvalue weighted by molar-refractivity contribution is 5.86. The van der Waals surface area contributed by atoms with Crippen LogP contribution in [0.2, 0.25) is 0 Å². The van der Waals surface area contributed by atoms with Crippen molar-refractivity contribution in [1.29, 1.82) is 0 Å². The molecule has 0 heterocycles. The molecule has 98 valence electrons. The zero-order valence-corrected chi connectivity index (χ0v) is 10.1. The Balaban J connectivity index is 4.59. The highest BCUT2D eigenvalue weighted by Gasteiger charge is 2.25. The summed E-state index contributed by atoms with van der Waals surface area (Å²) in [6.07, 6.45) is -0.642. The minimum atomic E-state index is -1.41. The van der Waals surface area contributed by atoms with E-state index in [1.807, 2.05) is 0 Å². The van der Waals surface area contributed by atoms with Gasteiger partial charge in [-0.2, -0.15) is 0 Å². The summed E-state index contributed by atoms with van der Waals surface area (Å²) in [5.74, 6) is -2.63. The number of aliphatic carboxylic acids is 2. The van der Waals surface area contributed by atoms with Crippen molar-refractivity contribution in [2.24, 2.45) is 0 Å². The van der Waals surface area contributed by atoms with Gasteiger partial charge in [0.05, 0.1) is 6.42 Å². The van der Waals surface area contributed by atoms with Crippen LogP contribution in [0.5, 0.6) is 0 Å². The average Bonchev–Trinajstić information content (AvgIpc) is 2.15. The number of urea groups is 1. The maximum Gasteiger partial charge on any atom is 0.326 e. The Morgan fingerprint density at radius 1 is 1.24 bits per heavy atom. The first-order valence-corrected chi connectivity index (χ1v) is 5.31. The van der Waals surface area contributed by atoms with Crippen LogP contribution in [0.4, 0.5) is 4.79 Å². The lowest BCUT2D eigenvalue weighted by Gasteiger charge is -2.26. The molecule has 7 nitrogen and oxygen atoms in total. The highest BCUT2D eigenvalue weighted by atomic mass is 16.4. The molecule has 1 atom stereocenters. The van der Waals surface area contributed by atoms with Gasteiger partial charge in [-0.3, -0.25) is 4.79 Å². The van der Waals surface area contributed by atoms with Crippen molar-refractivity contribution in [2.75, 3.05) is 6.54 Å². The highest BCUT2D eigenvalue weighted by Crippen LogP contribution is 2.01. The third-order valence-electron chi connectivity index (χ3n) is 2.20. The van der Waals surface area contributed by atoms with E-state index in [0.29, 0.717) is 6.54 Å². The fourth-order valence-electron chi connectivity index (χ4n) is 1.35. The van der Waals surface area contributed by atoms with Crippen LogP contribution in [-0.2, 0) is 9.59 Å². The van der Waals surface area contributed by atoms with Crippen molar-refractivity contribution in [1.82, 2.24) is 10.2 Å². The lowest BCUT2D eigenvalue weighted by atomic mass is 10.2. The van der Waals surface area contributed by atoms with E-state index >= 15 is 0 Å². The molecule has 0 saturated heterocycles. The molecule has 0 rings (SSSR count). The van der Waals surface area contributed by atoms with Gasteiger partial charge in [-0.05, 0) is 20.8 Å². The molecule has 0 fully saturated rings. The van der Waals surface area contributed by atoms with E-state index < -0.39 is 30.4 Å². The Bertz CT molecular complexity index is 303. The van der Waals surface area contributed by atoms with Crippen LogP contribution in [0, 0.1) is 0 Å². The van der Waals surface area contributed by atoms with Gasteiger partial charge in [-0.25, -0.2) is 9.59 Å². The van der Waals surface area contributed by atoms with Crippen molar-refractivity contribution in [3.8, 4) is 0 Å². The normalized spacial score (nSPS) is 12.0. The molecule has 0 spiro atoms. The van der Waals surface area contributed by atoms with E-state index in [1.165, 1.54) is 4.90 Å². The predicted molar refractivity (Wildman–Crippen MR) is 59.7 cm³/mol. The molecule has 7 heteroatoms. The summed E-state index contributed by atoms with van der Waals surface area (Å²) in [6.45, 7) is 5.75. The zero-order chi connectivity index (χ0) is 13.6. The van der Waals surface area contributed by atoms with E-state index in [1.54, 1.807) is 20.8 Å². The molecule has 0 aliphatic rings. The van der Waals surface area contributed by atoms with E-state index in [4.69, 9.17) is 10.2 Å². The topological polar surface area (TPSA) is 107 Å². The van der Waals surface area contributed by atoms with Crippen molar-refractivity contribution >= 4 is 18.0 Å². The van der Waals surface area contributed by atoms with Gasteiger partial charge in [0.15, 0.2) is 0 Å². The molecular weight excluding hydrogens is 228 g/mol. The maximum absolute atomic E-state index is 11.7. The number of carboxylic acids is 2. The minimum absolute atomic E-state index is 0.0840. The minimum Gasteiger partial charge on any atom is -0.481 e. The fourth-order valence-corrected chi connectivity index (χ4v) is 1.35. The summed E-state index contributed by atoms with van der Waals surface area (Å²) in [7, 11) is 0. The van der Waals surface area contributed by atoms with E-state index in [-0.39, 0.29) is 6.04 Å². The first-order valence-electron chi connectivity index (χ1n) is 5.31. The van der Waals surface area contributed by atoms with Gasteiger partial charge in [0.25, 0.3) is 0 Å². The lowest BCUT2D eigenvalue weighted by Crippen LogP contribution is -2.50. The number of nitrogens with zero attached hydrogens (tertiary/aromatic N) is 1. The standard InChI is InChI=1S/C10H18N2O5/c1-4-12(6(2)3)10(17)11-7(9(15)16)5-8(13)14/h6-7H,4-5H2,1-3H3,(H,11,17)(H,13,14)(H,15,16)/t7-/m0/s1. The van der Waals surface area contributed by atoms with Crippen LogP contribution in [0.25, 0.3) is 0 Å². The van der Waals surface area contributed by atoms with E-state index in [2.05, 4.69) is 5.32 Å². The third kappa shape index (κ3) is 5.19. The number of hydrogen-bond donors (Lipinski definition) is 3. The van der Waals surface area contributed by atoms with Gasteiger partial charge in [-0.15, -0.1) is 0 Å². The van der Waals surface area contributed by atoms with Crippen molar-refractivity contribution in [3.05, 3.63) is 0 Å². The first kappa shape index (κ1) is 15.2. The zero-order valence-electron chi connectivity index (χ0n) is 10.1. The van der Waals surface area contributed by atoms with Gasteiger partial charge in [-0.1, -0.05) is 0 Å². The quantitative estimate of drug-likeness (QED) is 0.627. The van der Waals surface area contributed by atoms with Crippen molar-refractivity contribution in [2.45, 2.75) is 39.3 Å². The van der Waals surface area contributed by atoms with Gasteiger partial charge >= 0.3 is 18.0 Å². The molecule has 17 heavy (non-hydrogen) atoms. The van der Waals surface area contributed by atoms with Gasteiger partial charge in [0, 0.05) is 12.6 Å². The number of carbonyl (C=O) groups excluding carboxylic acids is 1. The second kappa shape index (κ2) is 6.72. The molecule has 0 saturated carbocycles. The lowest BCUT2D eigenvalue weighted by molar-refractivity contribution is -0.145. The molecule has 2 amide bonds. The Kier molecular flexibility index (Phi) is 6.01. The number of hydrogen-bond acceptors (Lipinski definition) is 3. The van der Waals surface area contributed by atoms with Crippen LogP contribution in [0.3, 0.4) is 0 Å². The van der Waals surface area contributed by atoms with Gasteiger partial charge < -0.3 is 20.4 Å². The van der Waals surface area contributed by atoms with E-state index in [9.17, 15) is 14.4 Å². The van der Waals surface area contributed by atoms with Gasteiger partial charge in [0.2, 0.25) is 0 Å². The van der Waals surface area contributed by atoms with Crippen LogP contribution in [0.15, 0.2) is 0 Å². The SMILES string of the molecule is CCN(C(=O)N[C@@H](CC(=O)O)C(=O)O)C(C)C. The summed E-state index contributed by atoms with van der Waals surface area (Å²) in [6, 6.07) is -2.07. The summed E-state index contributed by atoms with van der Waals surface area (Å²) in [4.78, 5) is 34.3. The second-order valence-corrected chi connectivity index (χ2v) is 3.82.